The molecule has 5 nitrogen and oxygen atoms in total. The first-order chi connectivity index (χ1) is 8.25. The molecule has 18 heavy (non-hydrogen) atoms. The number of carbonyl (C=O) groups excluding carboxylic acids is 2. The molecule has 0 aliphatic heterocycles. The summed E-state index contributed by atoms with van der Waals surface area (Å²) in [5.74, 6) is -1.76. The minimum absolute atomic E-state index is 0.155. The van der Waals surface area contributed by atoms with Crippen LogP contribution in [0.15, 0.2) is 18.8 Å². The number of alkyl halides is 1. The second-order valence-corrected chi connectivity index (χ2v) is 8.12. The number of aliphatic hydroxyl groups excluding tert-OH is 1. The average Bonchev–Trinajstić information content (AvgIpc) is 2.13. The topological polar surface area (TPSA) is 106 Å². The van der Waals surface area contributed by atoms with Crippen molar-refractivity contribution in [3.05, 3.63) is 18.8 Å². The van der Waals surface area contributed by atoms with E-state index in [4.69, 9.17) is 11.5 Å². The number of carbonyl (C=O) groups is 2. The fourth-order valence-corrected chi connectivity index (χ4v) is 7.33. The summed E-state index contributed by atoms with van der Waals surface area (Å²) in [5.41, 5.74) is 11.2. The third-order valence-electron chi connectivity index (χ3n) is 2.66. The van der Waals surface area contributed by atoms with E-state index in [9.17, 15) is 14.7 Å². The Morgan fingerprint density at radius 3 is 2.33 bits per heavy atom. The monoisotopic (exact) mass is 588 g/mol. The van der Waals surface area contributed by atoms with Crippen molar-refractivity contribution in [3.63, 3.8) is 0 Å². The van der Waals surface area contributed by atoms with Gasteiger partial charge in [0.1, 0.15) is 0 Å². The lowest BCUT2D eigenvalue weighted by molar-refractivity contribution is -0.121. The summed E-state index contributed by atoms with van der Waals surface area (Å²) in [4.78, 5) is 23.3. The molecule has 2 atom stereocenters. The highest BCUT2D eigenvalue weighted by atomic mass is 127. The van der Waals surface area contributed by atoms with Gasteiger partial charge in [-0.3, -0.25) is 9.59 Å². The summed E-state index contributed by atoms with van der Waals surface area (Å²) in [6.45, 7) is -0.155. The molecular weight excluding hydrogens is 577 g/mol. The van der Waals surface area contributed by atoms with Crippen molar-refractivity contribution in [1.82, 2.24) is 0 Å². The molecule has 1 aliphatic rings. The van der Waals surface area contributed by atoms with Gasteiger partial charge in [-0.15, -0.1) is 0 Å². The highest BCUT2D eigenvalue weighted by Crippen LogP contribution is 2.50. The van der Waals surface area contributed by atoms with E-state index in [1.165, 1.54) is 0 Å². The van der Waals surface area contributed by atoms with Gasteiger partial charge in [0.2, 0.25) is 11.8 Å². The van der Waals surface area contributed by atoms with Gasteiger partial charge in [0.25, 0.3) is 0 Å². The SMILES string of the molecule is NC(=O)C1=C(I)C=C(I)C(C(N)=O)C1(I)CCO. The first-order valence-electron chi connectivity index (χ1n) is 4.92. The number of nitrogens with two attached hydrogens (primary N) is 2. The maximum atomic E-state index is 11.6. The normalized spacial score (nSPS) is 28.0. The molecule has 0 spiro atoms. The van der Waals surface area contributed by atoms with Gasteiger partial charge in [-0.2, -0.15) is 0 Å². The predicted octanol–water partition coefficient (Wildman–Crippen LogP) is 1.15. The van der Waals surface area contributed by atoms with Gasteiger partial charge < -0.3 is 16.6 Å². The first kappa shape index (κ1) is 16.6. The molecule has 2 amide bonds. The van der Waals surface area contributed by atoms with Crippen molar-refractivity contribution in [2.45, 2.75) is 9.84 Å². The molecule has 0 saturated heterocycles. The van der Waals surface area contributed by atoms with E-state index in [2.05, 4.69) is 0 Å². The average molecular weight is 588 g/mol. The van der Waals surface area contributed by atoms with Crippen molar-refractivity contribution in [2.24, 2.45) is 17.4 Å². The number of aliphatic hydroxyl groups is 1. The molecule has 1 aliphatic carbocycles. The Balaban J connectivity index is 3.48. The molecule has 5 N–H and O–H groups in total. The van der Waals surface area contributed by atoms with Crippen molar-refractivity contribution >= 4 is 79.6 Å². The molecule has 0 heterocycles. The van der Waals surface area contributed by atoms with Crippen LogP contribution in [0, 0.1) is 5.92 Å². The van der Waals surface area contributed by atoms with E-state index in [-0.39, 0.29) is 13.0 Å². The Morgan fingerprint density at radius 1 is 1.39 bits per heavy atom. The lowest BCUT2D eigenvalue weighted by Gasteiger charge is -2.38. The molecule has 0 radical (unpaired) electrons. The zero-order valence-electron chi connectivity index (χ0n) is 9.12. The highest BCUT2D eigenvalue weighted by Gasteiger charge is 2.49. The quantitative estimate of drug-likeness (QED) is 0.339. The largest absolute Gasteiger partial charge is 0.396 e. The second kappa shape index (κ2) is 6.35. The fourth-order valence-electron chi connectivity index (χ4n) is 1.95. The Kier molecular flexibility index (Phi) is 5.86. The van der Waals surface area contributed by atoms with Crippen LogP contribution in [0.5, 0.6) is 0 Å². The summed E-state index contributed by atoms with van der Waals surface area (Å²) in [6, 6.07) is 0. The summed E-state index contributed by atoms with van der Waals surface area (Å²) in [6.07, 6.45) is 1.97. The summed E-state index contributed by atoms with van der Waals surface area (Å²) < 4.78 is 0.550. The Bertz CT molecular complexity index is 461. The Morgan fingerprint density at radius 2 is 1.94 bits per heavy atom. The van der Waals surface area contributed by atoms with Crippen LogP contribution in [0.25, 0.3) is 0 Å². The maximum absolute atomic E-state index is 11.6. The first-order valence-corrected chi connectivity index (χ1v) is 8.15. The molecule has 2 unspecified atom stereocenters. The van der Waals surface area contributed by atoms with Gasteiger partial charge in [-0.05, 0) is 57.7 Å². The second-order valence-electron chi connectivity index (χ2n) is 3.79. The number of rotatable bonds is 4. The number of hydrogen-bond donors (Lipinski definition) is 3. The number of halogens is 3. The fraction of sp³-hybridized carbons (Fsp3) is 0.400. The van der Waals surface area contributed by atoms with Crippen LogP contribution in [0.1, 0.15) is 6.42 Å². The van der Waals surface area contributed by atoms with Gasteiger partial charge in [-0.25, -0.2) is 0 Å². The maximum Gasteiger partial charge on any atom is 0.247 e. The lowest BCUT2D eigenvalue weighted by atomic mass is 9.79. The van der Waals surface area contributed by atoms with Gasteiger partial charge in [0.05, 0.1) is 9.34 Å². The van der Waals surface area contributed by atoms with Gasteiger partial charge in [0, 0.05) is 19.3 Å². The van der Waals surface area contributed by atoms with Crippen molar-refractivity contribution < 1.29 is 14.7 Å². The van der Waals surface area contributed by atoms with E-state index in [0.29, 0.717) is 9.15 Å². The third-order valence-corrected chi connectivity index (χ3v) is 6.15. The number of primary amides is 2. The molecular formula is C10H11I3N2O3. The van der Waals surface area contributed by atoms with Crippen LogP contribution in [0.2, 0.25) is 0 Å². The predicted molar refractivity (Wildman–Crippen MR) is 93.5 cm³/mol. The van der Waals surface area contributed by atoms with Crippen LogP contribution in [-0.4, -0.2) is 26.9 Å². The van der Waals surface area contributed by atoms with E-state index in [1.807, 2.05) is 67.8 Å². The smallest absolute Gasteiger partial charge is 0.247 e. The lowest BCUT2D eigenvalue weighted by Crippen LogP contribution is -2.47. The molecule has 100 valence electrons. The van der Waals surface area contributed by atoms with Gasteiger partial charge >= 0.3 is 0 Å². The van der Waals surface area contributed by atoms with Crippen LogP contribution in [0.3, 0.4) is 0 Å². The van der Waals surface area contributed by atoms with Crippen molar-refractivity contribution in [1.29, 1.82) is 0 Å². The molecule has 0 aromatic rings. The van der Waals surface area contributed by atoms with Crippen LogP contribution < -0.4 is 11.5 Å². The number of allylic oxidation sites excluding steroid dienone is 2. The van der Waals surface area contributed by atoms with Crippen LogP contribution in [0.4, 0.5) is 0 Å². The van der Waals surface area contributed by atoms with E-state index in [0.717, 1.165) is 3.58 Å². The summed E-state index contributed by atoms with van der Waals surface area (Å²) in [7, 11) is 0. The summed E-state index contributed by atoms with van der Waals surface area (Å²) >= 11 is 6.04. The Hall–Kier alpha value is 0.570. The molecule has 0 aromatic heterocycles. The van der Waals surface area contributed by atoms with Crippen LogP contribution >= 0.6 is 67.8 Å². The summed E-state index contributed by atoms with van der Waals surface area (Å²) in [5, 5.41) is 9.20. The minimum Gasteiger partial charge on any atom is -0.396 e. The van der Waals surface area contributed by atoms with Gasteiger partial charge in [0.15, 0.2) is 0 Å². The molecule has 0 saturated carbocycles. The standard InChI is InChI=1S/C10H11I3N2O3/c11-4-3-5(12)7(9(15)18)10(13,1-2-16)6(4)8(14)17/h3,6,16H,1-2H2,(H2,14,17)(H2,15,18). The molecule has 0 fully saturated rings. The third kappa shape index (κ3) is 3.00. The molecule has 1 rings (SSSR count). The number of amides is 2. The molecule has 8 heteroatoms. The minimum atomic E-state index is -0.883. The molecule has 0 bridgehead atoms. The van der Waals surface area contributed by atoms with Gasteiger partial charge in [-0.1, -0.05) is 22.6 Å². The molecule has 0 aromatic carbocycles. The van der Waals surface area contributed by atoms with E-state index in [1.54, 1.807) is 6.08 Å². The highest BCUT2D eigenvalue weighted by molar-refractivity contribution is 14.1. The van der Waals surface area contributed by atoms with Crippen molar-refractivity contribution in [3.8, 4) is 0 Å². The van der Waals surface area contributed by atoms with Crippen LogP contribution in [-0.2, 0) is 9.59 Å². The zero-order chi connectivity index (χ0) is 14.1. The zero-order valence-corrected chi connectivity index (χ0v) is 15.6. The van der Waals surface area contributed by atoms with E-state index < -0.39 is 21.2 Å². The Labute approximate surface area is 145 Å². The van der Waals surface area contributed by atoms with E-state index >= 15 is 0 Å². The van der Waals surface area contributed by atoms with Crippen molar-refractivity contribution in [2.75, 3.05) is 6.61 Å². The number of hydrogen-bond acceptors (Lipinski definition) is 3.